The number of nitrogens with zero attached hydrogens (tertiary/aromatic N) is 2. The van der Waals surface area contributed by atoms with Crippen LogP contribution in [-0.2, 0) is 12.8 Å². The number of carbonyl (C=O) groups excluding carboxylic acids is 1. The lowest BCUT2D eigenvalue weighted by Gasteiger charge is -2.25. The molecule has 2 aromatic carbocycles. The maximum Gasteiger partial charge on any atom is 0.253 e. The molecule has 0 fully saturated rings. The average molecular weight is 372 g/mol. The number of pyridine rings is 1. The minimum absolute atomic E-state index is 0.0229. The molecule has 3 aromatic rings. The lowest BCUT2D eigenvalue weighted by Crippen LogP contribution is -2.36. The molecule has 0 saturated heterocycles. The molecule has 1 aliphatic heterocycles. The molecule has 0 N–H and O–H groups in total. The first kappa shape index (κ1) is 18.2. The van der Waals surface area contributed by atoms with Gasteiger partial charge in [-0.25, -0.2) is 0 Å². The van der Waals surface area contributed by atoms with Gasteiger partial charge in [0.25, 0.3) is 5.91 Å². The number of amides is 1. The van der Waals surface area contributed by atoms with E-state index in [1.54, 1.807) is 11.1 Å². The van der Waals surface area contributed by atoms with Crippen molar-refractivity contribution in [3.05, 3.63) is 83.7 Å². The molecule has 4 nitrogen and oxygen atoms in total. The number of benzene rings is 2. The highest BCUT2D eigenvalue weighted by molar-refractivity contribution is 5.95. The lowest BCUT2D eigenvalue weighted by molar-refractivity contribution is 0.0743. The second kappa shape index (κ2) is 7.85. The molecule has 0 spiro atoms. The molecule has 1 aromatic heterocycles. The van der Waals surface area contributed by atoms with Gasteiger partial charge in [-0.05, 0) is 60.0 Å². The summed E-state index contributed by atoms with van der Waals surface area (Å²) in [5.41, 5.74) is 5.08. The van der Waals surface area contributed by atoms with Crippen LogP contribution in [0.5, 0.6) is 5.75 Å². The fourth-order valence-electron chi connectivity index (χ4n) is 3.56. The summed E-state index contributed by atoms with van der Waals surface area (Å²) < 4.78 is 5.59. The Morgan fingerprint density at radius 2 is 1.96 bits per heavy atom. The molecule has 4 rings (SSSR count). The topological polar surface area (TPSA) is 42.4 Å². The molecule has 0 aliphatic carbocycles. The van der Waals surface area contributed by atoms with Crippen molar-refractivity contribution < 1.29 is 9.53 Å². The van der Waals surface area contributed by atoms with E-state index in [0.29, 0.717) is 5.56 Å². The molecule has 1 aliphatic rings. The quantitative estimate of drug-likeness (QED) is 0.667. The minimum atomic E-state index is 0.0229. The van der Waals surface area contributed by atoms with Gasteiger partial charge in [0.2, 0.25) is 0 Å². The molecule has 0 saturated carbocycles. The third-order valence-electron chi connectivity index (χ3n) is 5.34. The van der Waals surface area contributed by atoms with Crippen molar-refractivity contribution in [1.82, 2.24) is 9.88 Å². The van der Waals surface area contributed by atoms with Crippen molar-refractivity contribution in [2.24, 2.45) is 0 Å². The van der Waals surface area contributed by atoms with Crippen LogP contribution in [0, 0.1) is 0 Å². The summed E-state index contributed by atoms with van der Waals surface area (Å²) in [6, 6.07) is 20.0. The van der Waals surface area contributed by atoms with E-state index in [2.05, 4.69) is 24.0 Å². The molecule has 0 bridgehead atoms. The van der Waals surface area contributed by atoms with E-state index in [-0.39, 0.29) is 11.9 Å². The van der Waals surface area contributed by atoms with Gasteiger partial charge in [0.15, 0.2) is 0 Å². The zero-order valence-corrected chi connectivity index (χ0v) is 16.3. The predicted octanol–water partition coefficient (Wildman–Crippen LogP) is 4.39. The van der Waals surface area contributed by atoms with E-state index in [0.717, 1.165) is 42.0 Å². The number of fused-ring (bicyclic) bond motifs is 1. The van der Waals surface area contributed by atoms with Gasteiger partial charge in [-0.3, -0.25) is 9.78 Å². The van der Waals surface area contributed by atoms with Crippen molar-refractivity contribution in [2.45, 2.75) is 25.8 Å². The van der Waals surface area contributed by atoms with Gasteiger partial charge < -0.3 is 9.64 Å². The monoisotopic (exact) mass is 372 g/mol. The van der Waals surface area contributed by atoms with E-state index >= 15 is 0 Å². The fraction of sp³-hybridized carbons (Fsp3) is 0.250. The third kappa shape index (κ3) is 3.77. The molecule has 28 heavy (non-hydrogen) atoms. The standard InChI is InChI=1S/C24H24N2O2/c1-17(14-22-8-3-4-12-25-22)26(2)24(27)21-7-5-6-18(16-21)19-9-10-23-20(15-19)11-13-28-23/h3-10,12,15-17H,11,13-14H2,1-2H3/t17-/m0/s1. The zero-order valence-electron chi connectivity index (χ0n) is 16.3. The minimum Gasteiger partial charge on any atom is -0.493 e. The first-order chi connectivity index (χ1) is 13.6. The van der Waals surface area contributed by atoms with Gasteiger partial charge in [0, 0.05) is 43.4 Å². The Balaban J connectivity index is 1.52. The molecular formula is C24H24N2O2. The van der Waals surface area contributed by atoms with Crippen LogP contribution in [-0.4, -0.2) is 35.5 Å². The van der Waals surface area contributed by atoms with Gasteiger partial charge >= 0.3 is 0 Å². The number of hydrogen-bond donors (Lipinski definition) is 0. The Morgan fingerprint density at radius 3 is 2.79 bits per heavy atom. The summed E-state index contributed by atoms with van der Waals surface area (Å²) in [5.74, 6) is 0.994. The van der Waals surface area contributed by atoms with Gasteiger partial charge in [-0.2, -0.15) is 0 Å². The molecule has 1 atom stereocenters. The van der Waals surface area contributed by atoms with Crippen molar-refractivity contribution >= 4 is 5.91 Å². The number of ether oxygens (including phenoxy) is 1. The van der Waals surface area contributed by atoms with Gasteiger partial charge in [-0.15, -0.1) is 0 Å². The van der Waals surface area contributed by atoms with Crippen LogP contribution in [0.1, 0.15) is 28.5 Å². The summed E-state index contributed by atoms with van der Waals surface area (Å²) in [5, 5.41) is 0. The van der Waals surface area contributed by atoms with Crippen molar-refractivity contribution in [3.63, 3.8) is 0 Å². The van der Waals surface area contributed by atoms with Crippen molar-refractivity contribution in [2.75, 3.05) is 13.7 Å². The normalized spacial score (nSPS) is 13.5. The molecule has 4 heteroatoms. The Bertz CT molecular complexity index is 985. The van der Waals surface area contributed by atoms with Crippen LogP contribution in [0.2, 0.25) is 0 Å². The predicted molar refractivity (Wildman–Crippen MR) is 111 cm³/mol. The second-order valence-corrected chi connectivity index (χ2v) is 7.29. The molecule has 0 radical (unpaired) electrons. The Hall–Kier alpha value is -3.14. The zero-order chi connectivity index (χ0) is 19.5. The average Bonchev–Trinajstić information content (AvgIpc) is 3.21. The van der Waals surface area contributed by atoms with Gasteiger partial charge in [-0.1, -0.05) is 24.3 Å². The highest BCUT2D eigenvalue weighted by Gasteiger charge is 2.19. The first-order valence-corrected chi connectivity index (χ1v) is 9.65. The largest absolute Gasteiger partial charge is 0.493 e. The fourth-order valence-corrected chi connectivity index (χ4v) is 3.56. The van der Waals surface area contributed by atoms with Crippen LogP contribution in [0.25, 0.3) is 11.1 Å². The molecule has 0 unspecified atom stereocenters. The van der Waals surface area contributed by atoms with Crippen LogP contribution >= 0.6 is 0 Å². The van der Waals surface area contributed by atoms with Crippen molar-refractivity contribution in [3.8, 4) is 16.9 Å². The van der Waals surface area contributed by atoms with E-state index in [9.17, 15) is 4.79 Å². The number of likely N-dealkylation sites (N-methyl/N-ethyl adjacent to an activating group) is 1. The summed E-state index contributed by atoms with van der Waals surface area (Å²) >= 11 is 0. The van der Waals surface area contributed by atoms with E-state index in [4.69, 9.17) is 4.74 Å². The van der Waals surface area contributed by atoms with Crippen LogP contribution in [0.15, 0.2) is 66.9 Å². The number of rotatable bonds is 5. The summed E-state index contributed by atoms with van der Waals surface area (Å²) in [6.07, 6.45) is 3.46. The maximum atomic E-state index is 13.0. The number of carbonyl (C=O) groups is 1. The van der Waals surface area contributed by atoms with Crippen molar-refractivity contribution in [1.29, 1.82) is 0 Å². The molecule has 1 amide bonds. The lowest BCUT2D eigenvalue weighted by atomic mass is 9.99. The van der Waals surface area contributed by atoms with E-state index < -0.39 is 0 Å². The SMILES string of the molecule is C[C@@H](Cc1ccccn1)N(C)C(=O)c1cccc(-c2ccc3c(c2)CCO3)c1. The highest BCUT2D eigenvalue weighted by Crippen LogP contribution is 2.31. The highest BCUT2D eigenvalue weighted by atomic mass is 16.5. The van der Waals surface area contributed by atoms with Crippen LogP contribution in [0.3, 0.4) is 0 Å². The number of aromatic nitrogens is 1. The number of hydrogen-bond acceptors (Lipinski definition) is 3. The summed E-state index contributed by atoms with van der Waals surface area (Å²) in [6.45, 7) is 2.80. The third-order valence-corrected chi connectivity index (χ3v) is 5.34. The van der Waals surface area contributed by atoms with Crippen LogP contribution in [0.4, 0.5) is 0 Å². The maximum absolute atomic E-state index is 13.0. The smallest absolute Gasteiger partial charge is 0.253 e. The van der Waals surface area contributed by atoms with Gasteiger partial charge in [0.05, 0.1) is 6.61 Å². The Labute approximate surface area is 165 Å². The second-order valence-electron chi connectivity index (χ2n) is 7.29. The van der Waals surface area contributed by atoms with Gasteiger partial charge in [0.1, 0.15) is 5.75 Å². The molecule has 142 valence electrons. The first-order valence-electron chi connectivity index (χ1n) is 9.65. The summed E-state index contributed by atoms with van der Waals surface area (Å²) in [4.78, 5) is 19.2. The van der Waals surface area contributed by atoms with E-state index in [1.807, 2.05) is 55.6 Å². The van der Waals surface area contributed by atoms with E-state index in [1.165, 1.54) is 5.56 Å². The molecule has 2 heterocycles. The summed E-state index contributed by atoms with van der Waals surface area (Å²) in [7, 11) is 1.86. The Kier molecular flexibility index (Phi) is 5.11. The Morgan fingerprint density at radius 1 is 1.11 bits per heavy atom. The van der Waals surface area contributed by atoms with Crippen LogP contribution < -0.4 is 4.74 Å². The molecular weight excluding hydrogens is 348 g/mol.